The fourth-order valence-corrected chi connectivity index (χ4v) is 3.72. The maximum absolute atomic E-state index is 10.8. The number of hydrogen-bond acceptors (Lipinski definition) is 1. The zero-order chi connectivity index (χ0) is 19.4. The molecule has 0 saturated heterocycles. The Hall–Kier alpha value is -1.11. The summed E-state index contributed by atoms with van der Waals surface area (Å²) in [4.78, 5) is 10.8. The molecular formula is C26H43O. The van der Waals surface area contributed by atoms with Crippen LogP contribution in [-0.4, -0.2) is 5.78 Å². The Morgan fingerprint density at radius 1 is 0.630 bits per heavy atom. The molecule has 0 aliphatic rings. The van der Waals surface area contributed by atoms with Crippen LogP contribution in [-0.2, 0) is 11.2 Å². The maximum atomic E-state index is 10.8. The molecule has 0 aliphatic heterocycles. The zero-order valence-corrected chi connectivity index (χ0v) is 17.9. The van der Waals surface area contributed by atoms with Gasteiger partial charge in [-0.25, -0.2) is 0 Å². The minimum Gasteiger partial charge on any atom is -0.300 e. The normalized spacial score (nSPS) is 11.0. The highest BCUT2D eigenvalue weighted by atomic mass is 16.1. The van der Waals surface area contributed by atoms with E-state index in [0.717, 1.165) is 6.42 Å². The number of Topliss-reactive ketones (excluding diaryl/α,β-unsaturated/α-hetero) is 1. The van der Waals surface area contributed by atoms with E-state index in [1.807, 2.05) is 6.42 Å². The van der Waals surface area contributed by atoms with Crippen molar-refractivity contribution in [3.63, 3.8) is 0 Å². The van der Waals surface area contributed by atoms with Gasteiger partial charge in [0.15, 0.2) is 0 Å². The van der Waals surface area contributed by atoms with Crippen LogP contribution >= 0.6 is 0 Å². The minimum atomic E-state index is 0.220. The molecule has 0 bridgehead atoms. The smallest absolute Gasteiger partial charge is 0.133 e. The van der Waals surface area contributed by atoms with Crippen LogP contribution in [0, 0.1) is 6.42 Å². The van der Waals surface area contributed by atoms with Gasteiger partial charge >= 0.3 is 0 Å². The van der Waals surface area contributed by atoms with Crippen LogP contribution in [0.5, 0.6) is 0 Å². The van der Waals surface area contributed by atoms with Crippen LogP contribution in [0.25, 0.3) is 0 Å². The number of ketones is 1. The quantitative estimate of drug-likeness (QED) is 0.224. The molecule has 0 N–H and O–H groups in total. The maximum Gasteiger partial charge on any atom is 0.133 e. The zero-order valence-electron chi connectivity index (χ0n) is 17.9. The highest BCUT2D eigenvalue weighted by Crippen LogP contribution is 2.14. The van der Waals surface area contributed by atoms with Gasteiger partial charge in [-0.15, -0.1) is 0 Å². The molecule has 1 nitrogen and oxygen atoms in total. The third kappa shape index (κ3) is 16.8. The fourth-order valence-electron chi connectivity index (χ4n) is 3.72. The average Bonchev–Trinajstić information content (AvgIpc) is 2.67. The lowest BCUT2D eigenvalue weighted by Gasteiger charge is -2.04. The van der Waals surface area contributed by atoms with Gasteiger partial charge in [0.1, 0.15) is 5.78 Å². The van der Waals surface area contributed by atoms with E-state index in [0.29, 0.717) is 0 Å². The molecule has 0 spiro atoms. The molecule has 0 atom stereocenters. The molecule has 1 heteroatoms. The molecular weight excluding hydrogens is 328 g/mol. The van der Waals surface area contributed by atoms with Gasteiger partial charge in [0, 0.05) is 6.42 Å². The molecule has 1 aromatic carbocycles. The number of unbranched alkanes of at least 4 members (excludes halogenated alkanes) is 15. The van der Waals surface area contributed by atoms with Crippen molar-refractivity contribution in [1.29, 1.82) is 0 Å². The van der Waals surface area contributed by atoms with Crippen LogP contribution in [0.15, 0.2) is 30.3 Å². The largest absolute Gasteiger partial charge is 0.300 e. The first-order valence-corrected chi connectivity index (χ1v) is 11.7. The first-order chi connectivity index (χ1) is 13.3. The van der Waals surface area contributed by atoms with Crippen molar-refractivity contribution in [3.8, 4) is 0 Å². The average molecular weight is 372 g/mol. The second-order valence-corrected chi connectivity index (χ2v) is 8.14. The van der Waals surface area contributed by atoms with Gasteiger partial charge in [-0.2, -0.15) is 0 Å². The van der Waals surface area contributed by atoms with Gasteiger partial charge in [-0.1, -0.05) is 120 Å². The highest BCUT2D eigenvalue weighted by Gasteiger charge is 1.97. The SMILES string of the molecule is CC(=O)[CH]CCCCCCCCCCCCCCCCCc1ccccc1. The molecule has 1 aromatic rings. The van der Waals surface area contributed by atoms with Gasteiger partial charge in [-0.3, -0.25) is 4.79 Å². The lowest BCUT2D eigenvalue weighted by molar-refractivity contribution is -0.114. The Morgan fingerprint density at radius 2 is 1.04 bits per heavy atom. The van der Waals surface area contributed by atoms with Crippen molar-refractivity contribution >= 4 is 5.78 Å². The van der Waals surface area contributed by atoms with Crippen molar-refractivity contribution in [2.45, 2.75) is 116 Å². The van der Waals surface area contributed by atoms with Gasteiger partial charge in [0.05, 0.1) is 0 Å². The fraction of sp³-hybridized carbons (Fsp3) is 0.692. The predicted molar refractivity (Wildman–Crippen MR) is 119 cm³/mol. The number of hydrogen-bond donors (Lipinski definition) is 0. The standard InChI is InChI=1S/C26H43O/c1-25(27)21-17-14-12-10-8-6-4-2-3-5-7-9-11-13-15-18-22-26-23-19-16-20-24-26/h16,19-21,23-24H,2-15,17-18,22H2,1H3. The summed E-state index contributed by atoms with van der Waals surface area (Å²) < 4.78 is 0. The van der Waals surface area contributed by atoms with Gasteiger partial charge in [-0.05, 0) is 31.7 Å². The van der Waals surface area contributed by atoms with E-state index in [2.05, 4.69) is 30.3 Å². The first-order valence-electron chi connectivity index (χ1n) is 11.7. The van der Waals surface area contributed by atoms with Crippen molar-refractivity contribution in [1.82, 2.24) is 0 Å². The first kappa shape index (κ1) is 23.9. The summed E-state index contributed by atoms with van der Waals surface area (Å²) in [6, 6.07) is 10.9. The molecule has 0 aliphatic carbocycles. The molecule has 27 heavy (non-hydrogen) atoms. The number of carbonyl (C=O) groups is 1. The predicted octanol–water partition coefficient (Wildman–Crippen LogP) is 8.26. The molecule has 1 rings (SSSR count). The van der Waals surface area contributed by atoms with Crippen molar-refractivity contribution in [3.05, 3.63) is 42.3 Å². The molecule has 0 fully saturated rings. The van der Waals surface area contributed by atoms with E-state index in [1.165, 1.54) is 108 Å². The Morgan fingerprint density at radius 3 is 1.48 bits per heavy atom. The van der Waals surface area contributed by atoms with E-state index in [-0.39, 0.29) is 5.78 Å². The lowest BCUT2D eigenvalue weighted by atomic mass is 10.0. The van der Waals surface area contributed by atoms with Gasteiger partial charge in [0.25, 0.3) is 0 Å². The Bertz CT molecular complexity index is 437. The van der Waals surface area contributed by atoms with Crippen molar-refractivity contribution in [2.75, 3.05) is 0 Å². The molecule has 0 heterocycles. The number of carbonyl (C=O) groups excluding carboxylic acids is 1. The van der Waals surface area contributed by atoms with Crippen LogP contribution in [0.4, 0.5) is 0 Å². The second-order valence-electron chi connectivity index (χ2n) is 8.14. The van der Waals surface area contributed by atoms with Gasteiger partial charge < -0.3 is 0 Å². The third-order valence-corrected chi connectivity index (χ3v) is 5.44. The van der Waals surface area contributed by atoms with Crippen LogP contribution in [0.3, 0.4) is 0 Å². The lowest BCUT2D eigenvalue weighted by Crippen LogP contribution is -1.90. The number of rotatable bonds is 19. The monoisotopic (exact) mass is 371 g/mol. The number of benzene rings is 1. The van der Waals surface area contributed by atoms with E-state index >= 15 is 0 Å². The van der Waals surface area contributed by atoms with Crippen molar-refractivity contribution in [2.24, 2.45) is 0 Å². The summed E-state index contributed by atoms with van der Waals surface area (Å²) in [5, 5.41) is 0. The Labute approximate surface area is 169 Å². The van der Waals surface area contributed by atoms with Gasteiger partial charge in [0.2, 0.25) is 0 Å². The summed E-state index contributed by atoms with van der Waals surface area (Å²) in [6.07, 6.45) is 24.8. The minimum absolute atomic E-state index is 0.220. The molecule has 153 valence electrons. The molecule has 0 saturated carbocycles. The molecule has 0 aromatic heterocycles. The third-order valence-electron chi connectivity index (χ3n) is 5.44. The van der Waals surface area contributed by atoms with Crippen LogP contribution < -0.4 is 0 Å². The summed E-state index contributed by atoms with van der Waals surface area (Å²) in [7, 11) is 0. The molecule has 0 unspecified atom stereocenters. The molecule has 1 radical (unpaired) electrons. The highest BCUT2D eigenvalue weighted by molar-refractivity contribution is 5.84. The Kier molecular flexibility index (Phi) is 16.2. The topological polar surface area (TPSA) is 17.1 Å². The summed E-state index contributed by atoms with van der Waals surface area (Å²) in [5.41, 5.74) is 1.49. The summed E-state index contributed by atoms with van der Waals surface area (Å²) in [6.45, 7) is 1.65. The van der Waals surface area contributed by atoms with Crippen LogP contribution in [0.2, 0.25) is 0 Å². The second kappa shape index (κ2) is 18.3. The van der Waals surface area contributed by atoms with Crippen molar-refractivity contribution < 1.29 is 4.79 Å². The Balaban J connectivity index is 1.69. The van der Waals surface area contributed by atoms with Crippen LogP contribution in [0.1, 0.15) is 115 Å². The van der Waals surface area contributed by atoms with E-state index in [4.69, 9.17) is 0 Å². The van der Waals surface area contributed by atoms with E-state index in [1.54, 1.807) is 6.92 Å². The molecule has 0 amide bonds. The summed E-state index contributed by atoms with van der Waals surface area (Å²) in [5.74, 6) is 0.220. The van der Waals surface area contributed by atoms with E-state index in [9.17, 15) is 4.79 Å². The number of aryl methyl sites for hydroxylation is 1. The summed E-state index contributed by atoms with van der Waals surface area (Å²) >= 11 is 0. The van der Waals surface area contributed by atoms with E-state index < -0.39 is 0 Å².